The van der Waals surface area contributed by atoms with E-state index in [1.165, 1.54) is 28.4 Å². The molecular weight excluding hydrogens is 1410 g/mol. The van der Waals surface area contributed by atoms with Crippen LogP contribution in [0.4, 0.5) is 5.69 Å². The van der Waals surface area contributed by atoms with Crippen molar-refractivity contribution in [1.82, 2.24) is 87.6 Å². The molecule has 21 rings (SSSR count). The number of imidazole rings is 5. The summed E-state index contributed by atoms with van der Waals surface area (Å²) in [5.41, 5.74) is 20.5. The van der Waals surface area contributed by atoms with Crippen molar-refractivity contribution in [1.29, 1.82) is 0 Å². The number of oxazole rings is 1. The fourth-order valence-electron chi connectivity index (χ4n) is 13.3. The van der Waals surface area contributed by atoms with Gasteiger partial charge in [-0.2, -0.15) is 0 Å². The van der Waals surface area contributed by atoms with Crippen molar-refractivity contribution >= 4 is 126 Å². The molecule has 10 aromatic carbocycles. The largest absolute Gasteiger partial charge is 0.441 e. The number of aryl methyl sites for hydroxylation is 10. The number of pyridine rings is 3. The topological polar surface area (TPSA) is 210 Å². The third-order valence-electron chi connectivity index (χ3n) is 18.5. The van der Waals surface area contributed by atoms with Crippen LogP contribution in [0.2, 0.25) is 0 Å². The van der Waals surface area contributed by atoms with Crippen molar-refractivity contribution in [3.8, 4) is 17.3 Å². The second-order valence-electron chi connectivity index (χ2n) is 26.0. The molecule has 20 nitrogen and oxygen atoms in total. The van der Waals surface area contributed by atoms with Gasteiger partial charge < -0.3 is 13.6 Å². The molecule has 0 fully saturated rings. The molecule has 0 aliphatic rings. The third-order valence-corrected chi connectivity index (χ3v) is 19.5. The maximum Gasteiger partial charge on any atom is 0.238 e. The quantitative estimate of drug-likeness (QED) is 0.119. The Morgan fingerprint density at radius 2 is 0.821 bits per heavy atom. The highest BCUT2D eigenvalue weighted by Crippen LogP contribution is 2.32. The lowest BCUT2D eigenvalue weighted by molar-refractivity contribution is 0.561. The first kappa shape index (κ1) is 74.5. The normalized spacial score (nSPS) is 10.8. The first-order valence-electron chi connectivity index (χ1n) is 36.5. The maximum absolute atomic E-state index is 6.97. The zero-order valence-corrected chi connectivity index (χ0v) is 64.5. The highest BCUT2D eigenvalue weighted by atomic mass is 32.1. The molecule has 0 spiro atoms. The van der Waals surface area contributed by atoms with Crippen LogP contribution in [0.3, 0.4) is 0 Å². The van der Waals surface area contributed by atoms with E-state index in [4.69, 9.17) is 11.0 Å². The Morgan fingerprint density at radius 1 is 0.366 bits per heavy atom. The van der Waals surface area contributed by atoms with E-state index in [1.54, 1.807) is 17.5 Å². The average Bonchev–Trinajstić information content (AvgIpc) is 1.28. The first-order chi connectivity index (χ1) is 54.7. The predicted molar refractivity (Wildman–Crippen MR) is 453 cm³/mol. The molecule has 550 valence electrons. The van der Waals surface area contributed by atoms with Crippen LogP contribution in [0.25, 0.3) is 131 Å². The lowest BCUT2D eigenvalue weighted by Crippen LogP contribution is -2.02. The summed E-state index contributed by atoms with van der Waals surface area (Å²) in [5, 5.41) is 4.44. The Balaban J connectivity index is 0.000000107. The molecule has 0 atom stereocenters. The fourth-order valence-corrected chi connectivity index (χ4v) is 14.1. The van der Waals surface area contributed by atoms with Crippen molar-refractivity contribution in [2.75, 3.05) is 0 Å². The maximum atomic E-state index is 6.97. The molecule has 21 aromatic rings. The molecule has 0 saturated heterocycles. The van der Waals surface area contributed by atoms with Gasteiger partial charge in [0.1, 0.15) is 47.3 Å². The highest BCUT2D eigenvalue weighted by Gasteiger charge is 2.15. The van der Waals surface area contributed by atoms with Crippen LogP contribution in [-0.2, 0) is 20.5 Å². The van der Waals surface area contributed by atoms with Gasteiger partial charge >= 0.3 is 0 Å². The molecule has 0 N–H and O–H groups in total. The zero-order valence-electron chi connectivity index (χ0n) is 63.7. The number of fused-ring (bicyclic) bond motifs is 13. The van der Waals surface area contributed by atoms with E-state index in [1.807, 2.05) is 260 Å². The molecule has 0 saturated carbocycles. The number of rotatable bonds is 4. The SMILES string of the molecule is CCc1nc2ccccc2n1C.Cc1ccc2c3cccnc3c3ncccc3c2n1.Cc1nc2ccccc2n1-c1ccccc1.Cc1nc2ccccc2n1-c1ncncn1.Cc1nc2ccccc2n1C.Cc1nc2ccccc2o1.Cc1nc2ccccc2s1.[C-]#[N+]c1ccc(-n2c(C)nc3ccccc32)cc1. The van der Waals surface area contributed by atoms with Crippen molar-refractivity contribution in [2.45, 2.75) is 61.8 Å². The van der Waals surface area contributed by atoms with E-state index in [9.17, 15) is 0 Å². The number of aromatic nitrogens is 18. The van der Waals surface area contributed by atoms with Crippen LogP contribution in [0.1, 0.15) is 52.6 Å². The highest BCUT2D eigenvalue weighted by molar-refractivity contribution is 7.18. The first-order valence-corrected chi connectivity index (χ1v) is 37.3. The smallest absolute Gasteiger partial charge is 0.238 e. The van der Waals surface area contributed by atoms with E-state index in [0.717, 1.165) is 157 Å². The van der Waals surface area contributed by atoms with Gasteiger partial charge in [-0.25, -0.2) is 54.7 Å². The molecule has 112 heavy (non-hydrogen) atoms. The molecule has 0 aliphatic heterocycles. The van der Waals surface area contributed by atoms with Gasteiger partial charge in [-0.15, -0.1) is 11.3 Å². The summed E-state index contributed by atoms with van der Waals surface area (Å²) in [7, 11) is 4.10. The van der Waals surface area contributed by atoms with Gasteiger partial charge in [0.15, 0.2) is 17.2 Å². The molecule has 0 radical (unpaired) electrons. The zero-order chi connectivity index (χ0) is 77.6. The molecule has 0 bridgehead atoms. The van der Waals surface area contributed by atoms with Gasteiger partial charge in [-0.3, -0.25) is 28.7 Å². The van der Waals surface area contributed by atoms with E-state index in [-0.39, 0.29) is 0 Å². The minimum atomic E-state index is 0.598. The van der Waals surface area contributed by atoms with Crippen molar-refractivity contribution in [2.24, 2.45) is 14.1 Å². The fraction of sp³-hybridized carbons (Fsp3) is 0.121. The second-order valence-corrected chi connectivity index (χ2v) is 27.3. The number of nitrogens with zero attached hydrogens (tertiary/aromatic N) is 19. The van der Waals surface area contributed by atoms with E-state index in [2.05, 4.69) is 169 Å². The van der Waals surface area contributed by atoms with Crippen LogP contribution in [0.15, 0.2) is 290 Å². The van der Waals surface area contributed by atoms with Crippen molar-refractivity contribution in [3.05, 3.63) is 343 Å². The molecule has 0 unspecified atom stereocenters. The summed E-state index contributed by atoms with van der Waals surface area (Å²) < 4.78 is 17.0. The van der Waals surface area contributed by atoms with E-state index in [0.29, 0.717) is 11.6 Å². The summed E-state index contributed by atoms with van der Waals surface area (Å²) in [6.45, 7) is 23.0. The van der Waals surface area contributed by atoms with Crippen LogP contribution >= 0.6 is 11.3 Å². The monoisotopic (exact) mass is 1490 g/mol. The molecular formula is C91H79N19OS. The summed E-state index contributed by atoms with van der Waals surface area (Å²) in [5.74, 6) is 6.37. The van der Waals surface area contributed by atoms with Crippen molar-refractivity contribution < 1.29 is 4.42 Å². The number of hydrogen-bond acceptors (Lipinski definition) is 15. The Bertz CT molecular complexity index is 6560. The Morgan fingerprint density at radius 3 is 1.38 bits per heavy atom. The lowest BCUT2D eigenvalue weighted by Gasteiger charge is -2.08. The van der Waals surface area contributed by atoms with Gasteiger partial charge in [-0.05, 0) is 175 Å². The molecule has 0 aliphatic carbocycles. The minimum absolute atomic E-state index is 0.598. The Labute approximate surface area is 650 Å². The number of thiazole rings is 1. The lowest BCUT2D eigenvalue weighted by atomic mass is 10.0. The Kier molecular flexibility index (Phi) is 22.8. The van der Waals surface area contributed by atoms with Crippen LogP contribution in [0.5, 0.6) is 0 Å². The summed E-state index contributed by atoms with van der Waals surface area (Å²) in [4.78, 5) is 60.0. The number of benzene rings is 10. The summed E-state index contributed by atoms with van der Waals surface area (Å²) in [6, 6.07) is 86.5. The van der Waals surface area contributed by atoms with Crippen molar-refractivity contribution in [3.63, 3.8) is 0 Å². The third kappa shape index (κ3) is 16.5. The molecule has 21 heteroatoms. The number of hydrogen-bond donors (Lipinski definition) is 0. The van der Waals surface area contributed by atoms with Gasteiger partial charge in [-0.1, -0.05) is 134 Å². The van der Waals surface area contributed by atoms with E-state index < -0.39 is 0 Å². The van der Waals surface area contributed by atoms with Gasteiger partial charge in [0.25, 0.3) is 0 Å². The Hall–Kier alpha value is -14.4. The second kappa shape index (κ2) is 34.3. The van der Waals surface area contributed by atoms with Crippen LogP contribution < -0.4 is 0 Å². The molecule has 11 aromatic heterocycles. The predicted octanol–water partition coefficient (Wildman–Crippen LogP) is 21.1. The van der Waals surface area contributed by atoms with Gasteiger partial charge in [0.05, 0.1) is 93.5 Å². The average molecular weight is 1490 g/mol. The van der Waals surface area contributed by atoms with E-state index >= 15 is 0 Å². The van der Waals surface area contributed by atoms with Gasteiger partial charge in [0, 0.05) is 73.1 Å². The standard InChI is InChI=1S/C16H11N3.C15H11N3.C14H12N2.C11H9N5.C10H12N2.C9H10N2.C8H7NO.C8H7NS/c1-10-6-7-12-11-4-2-8-17-15(11)16-13(14(12)19-10)5-3-9-18-16;1-11-17-14-5-3-4-6-15(14)18(11)13-9-7-12(16-2)8-10-13;1-11-15-13-9-5-6-10-14(13)16(11)12-7-3-2-4-8-12;1-8-15-9-4-2-3-5-10(9)16(8)11-13-6-12-7-14-11;1-3-10-11-8-6-4-5-7-9(8)12(10)2;1-7-10-8-5-3-4-6-9(8)11(7)2;2*1-6-9-7-4-2-3-5-8(7)10-6/h2-9H,1H3;3-10H,1H3;2-10H,1H3;2-7H,1H3;4-7H,3H2,1-2H3;3-6H,1-2H3;2*2-5H,1H3. The minimum Gasteiger partial charge on any atom is -0.441 e. The number of para-hydroxylation sites is 14. The summed E-state index contributed by atoms with van der Waals surface area (Å²) >= 11 is 1.74. The summed E-state index contributed by atoms with van der Waals surface area (Å²) in [6.07, 6.45) is 7.57. The van der Waals surface area contributed by atoms with Gasteiger partial charge in [0.2, 0.25) is 5.95 Å². The van der Waals surface area contributed by atoms with Crippen LogP contribution in [0, 0.1) is 55.0 Å². The van der Waals surface area contributed by atoms with Crippen LogP contribution in [-0.4, -0.2) is 87.6 Å². The molecule has 0 amide bonds. The molecule has 11 heterocycles.